The van der Waals surface area contributed by atoms with E-state index < -0.39 is 0 Å². The molecule has 0 saturated carbocycles. The van der Waals surface area contributed by atoms with Crippen molar-refractivity contribution in [1.82, 2.24) is 4.98 Å². The van der Waals surface area contributed by atoms with E-state index in [4.69, 9.17) is 0 Å². The summed E-state index contributed by atoms with van der Waals surface area (Å²) in [6.07, 6.45) is 6.13. The fourth-order valence-corrected chi connectivity index (χ4v) is 2.37. The Morgan fingerprint density at radius 1 is 1.12 bits per heavy atom. The summed E-state index contributed by atoms with van der Waals surface area (Å²) in [4.78, 5) is 4.38. The number of pyridine rings is 2. The number of benzene rings is 1. The van der Waals surface area contributed by atoms with Gasteiger partial charge in [-0.15, -0.1) is 0 Å². The van der Waals surface area contributed by atoms with Gasteiger partial charge < -0.3 is 0 Å². The molecular weight excluding hydrogens is 311 g/mol. The van der Waals surface area contributed by atoms with E-state index in [1.807, 2.05) is 12.3 Å². The number of hydrogen-bond acceptors (Lipinski definition) is 1. The van der Waals surface area contributed by atoms with Gasteiger partial charge in [0, 0.05) is 17.6 Å². The Kier molecular flexibility index (Phi) is 2.47. The quantitative estimate of drug-likeness (QED) is 0.291. The van der Waals surface area contributed by atoms with Gasteiger partial charge in [0.05, 0.1) is 10.9 Å². The van der Waals surface area contributed by atoms with Gasteiger partial charge in [-0.25, -0.2) is 0 Å². The third-order valence-electron chi connectivity index (χ3n) is 2.74. The van der Waals surface area contributed by atoms with Crippen molar-refractivity contribution < 1.29 is 4.57 Å². The maximum absolute atomic E-state index is 4.38. The fraction of sp³-hybridized carbons (Fsp3) is 0.0769. The maximum Gasteiger partial charge on any atom is 0.197 e. The Morgan fingerprint density at radius 2 is 2.06 bits per heavy atom. The third-order valence-corrected chi connectivity index (χ3v) is 3.53. The molecular formula is C13H10IN2+. The van der Waals surface area contributed by atoms with E-state index in [0.29, 0.717) is 0 Å². The Bertz CT molecular complexity index is 664. The lowest BCUT2D eigenvalue weighted by atomic mass is 10.1. The van der Waals surface area contributed by atoms with Crippen LogP contribution in [0.3, 0.4) is 0 Å². The van der Waals surface area contributed by atoms with Crippen LogP contribution in [0, 0.1) is 0 Å². The molecule has 2 aromatic heterocycles. The highest BCUT2D eigenvalue weighted by Crippen LogP contribution is 2.22. The van der Waals surface area contributed by atoms with E-state index in [1.54, 1.807) is 0 Å². The monoisotopic (exact) mass is 321 g/mol. The highest BCUT2D eigenvalue weighted by molar-refractivity contribution is 14.1. The Morgan fingerprint density at radius 3 is 2.94 bits per heavy atom. The number of aromatic nitrogens is 2. The topological polar surface area (TPSA) is 16.8 Å². The third kappa shape index (κ3) is 1.55. The van der Waals surface area contributed by atoms with Crippen molar-refractivity contribution in [2.24, 2.45) is 0 Å². The van der Waals surface area contributed by atoms with Gasteiger partial charge in [-0.2, -0.15) is 4.57 Å². The second-order valence-corrected chi connectivity index (χ2v) is 4.40. The SMILES string of the molecule is IC[n+]1ccc2ccc3ncccc3c2c1. The number of hydrogen-bond donors (Lipinski definition) is 0. The second kappa shape index (κ2) is 3.97. The van der Waals surface area contributed by atoms with Crippen molar-refractivity contribution >= 4 is 44.3 Å². The summed E-state index contributed by atoms with van der Waals surface area (Å²) in [7, 11) is 0. The lowest BCUT2D eigenvalue weighted by Gasteiger charge is -2.01. The molecule has 16 heavy (non-hydrogen) atoms. The van der Waals surface area contributed by atoms with Crippen molar-refractivity contribution in [2.45, 2.75) is 4.55 Å². The average molecular weight is 321 g/mol. The van der Waals surface area contributed by atoms with Gasteiger partial charge in [0.1, 0.15) is 0 Å². The van der Waals surface area contributed by atoms with Crippen LogP contribution in [0.15, 0.2) is 48.9 Å². The minimum absolute atomic E-state index is 0.963. The van der Waals surface area contributed by atoms with E-state index in [-0.39, 0.29) is 0 Å². The number of fused-ring (bicyclic) bond motifs is 3. The molecule has 0 radical (unpaired) electrons. The van der Waals surface area contributed by atoms with Gasteiger partial charge in [0.25, 0.3) is 0 Å². The van der Waals surface area contributed by atoms with E-state index >= 15 is 0 Å². The summed E-state index contributed by atoms with van der Waals surface area (Å²) in [5, 5.41) is 3.76. The van der Waals surface area contributed by atoms with Crippen LogP contribution < -0.4 is 4.57 Å². The summed E-state index contributed by atoms with van der Waals surface area (Å²) in [5.74, 6) is 0. The molecule has 2 nitrogen and oxygen atoms in total. The van der Waals surface area contributed by atoms with Crippen LogP contribution in [0.1, 0.15) is 0 Å². The number of halogens is 1. The zero-order valence-electron chi connectivity index (χ0n) is 8.60. The molecule has 0 spiro atoms. The smallest absolute Gasteiger partial charge is 0.197 e. The molecule has 3 heteroatoms. The number of rotatable bonds is 1. The van der Waals surface area contributed by atoms with Crippen LogP contribution in [0.4, 0.5) is 0 Å². The standard InChI is InChI=1S/C13H10IN2/c14-9-16-7-5-10-3-4-13-11(12(10)8-16)2-1-6-15-13/h1-8H,9H2/q+1. The van der Waals surface area contributed by atoms with Crippen molar-refractivity contribution in [3.8, 4) is 0 Å². The first-order valence-electron chi connectivity index (χ1n) is 5.11. The second-order valence-electron chi connectivity index (χ2n) is 3.72. The molecule has 0 N–H and O–H groups in total. The van der Waals surface area contributed by atoms with Crippen LogP contribution in [0.5, 0.6) is 0 Å². The van der Waals surface area contributed by atoms with Crippen molar-refractivity contribution in [1.29, 1.82) is 0 Å². The van der Waals surface area contributed by atoms with Gasteiger partial charge >= 0.3 is 0 Å². The molecule has 0 saturated heterocycles. The molecule has 78 valence electrons. The minimum Gasteiger partial charge on any atom is -0.256 e. The predicted molar refractivity (Wildman–Crippen MR) is 73.5 cm³/mol. The molecule has 0 unspecified atom stereocenters. The van der Waals surface area contributed by atoms with E-state index in [1.165, 1.54) is 16.2 Å². The lowest BCUT2D eigenvalue weighted by Crippen LogP contribution is -2.29. The molecule has 1 aromatic carbocycles. The summed E-state index contributed by atoms with van der Waals surface area (Å²) >= 11 is 2.36. The van der Waals surface area contributed by atoms with E-state index in [0.717, 1.165) is 10.1 Å². The maximum atomic E-state index is 4.38. The molecule has 0 atom stereocenters. The van der Waals surface area contributed by atoms with Crippen molar-refractivity contribution in [3.63, 3.8) is 0 Å². The highest BCUT2D eigenvalue weighted by atomic mass is 127. The average Bonchev–Trinajstić information content (AvgIpc) is 2.38. The van der Waals surface area contributed by atoms with Crippen molar-refractivity contribution in [3.05, 3.63) is 48.9 Å². The zero-order chi connectivity index (χ0) is 11.0. The molecule has 0 aliphatic rings. The van der Waals surface area contributed by atoms with Crippen LogP contribution in [0.25, 0.3) is 21.7 Å². The summed E-state index contributed by atoms with van der Waals surface area (Å²) in [6.45, 7) is 0. The van der Waals surface area contributed by atoms with Gasteiger partial charge in [-0.1, -0.05) is 12.1 Å². The lowest BCUT2D eigenvalue weighted by molar-refractivity contribution is -0.669. The van der Waals surface area contributed by atoms with Crippen molar-refractivity contribution in [2.75, 3.05) is 0 Å². The van der Waals surface area contributed by atoms with E-state index in [2.05, 4.69) is 68.8 Å². The fourth-order valence-electron chi connectivity index (χ4n) is 1.94. The number of alkyl halides is 1. The van der Waals surface area contributed by atoms with Gasteiger partial charge in [0.2, 0.25) is 0 Å². The summed E-state index contributed by atoms with van der Waals surface area (Å²) in [6, 6.07) is 10.5. The van der Waals surface area contributed by atoms with Crippen LogP contribution >= 0.6 is 22.6 Å². The number of nitrogens with zero attached hydrogens (tertiary/aromatic N) is 2. The normalized spacial score (nSPS) is 11.1. The molecule has 0 aliphatic heterocycles. The summed E-state index contributed by atoms with van der Waals surface area (Å²) < 4.78 is 3.14. The van der Waals surface area contributed by atoms with Crippen LogP contribution in [0.2, 0.25) is 0 Å². The molecule has 0 amide bonds. The first-order chi connectivity index (χ1) is 7.88. The largest absolute Gasteiger partial charge is 0.256 e. The molecule has 0 bridgehead atoms. The van der Waals surface area contributed by atoms with Gasteiger partial charge in [0.15, 0.2) is 16.9 Å². The Labute approximate surface area is 107 Å². The first kappa shape index (κ1) is 9.96. The molecule has 2 heterocycles. The summed E-state index contributed by atoms with van der Waals surface area (Å²) in [5.41, 5.74) is 1.06. The van der Waals surface area contributed by atoms with E-state index in [9.17, 15) is 0 Å². The molecule has 3 rings (SSSR count). The van der Waals surface area contributed by atoms with Gasteiger partial charge in [-0.05, 0) is 40.1 Å². The molecule has 0 fully saturated rings. The minimum atomic E-state index is 0.963. The molecule has 3 aromatic rings. The van der Waals surface area contributed by atoms with Crippen LogP contribution in [-0.2, 0) is 4.55 Å². The first-order valence-corrected chi connectivity index (χ1v) is 6.63. The Hall–Kier alpha value is -1.23. The Balaban J connectivity index is 2.47. The zero-order valence-corrected chi connectivity index (χ0v) is 10.8. The highest BCUT2D eigenvalue weighted by Gasteiger charge is 2.05. The predicted octanol–water partition coefficient (Wildman–Crippen LogP) is 3.07. The molecule has 0 aliphatic carbocycles. The van der Waals surface area contributed by atoms with Crippen LogP contribution in [-0.4, -0.2) is 4.98 Å². The van der Waals surface area contributed by atoms with Gasteiger partial charge in [-0.3, -0.25) is 4.98 Å².